The maximum atomic E-state index is 13.0. The van der Waals surface area contributed by atoms with Crippen molar-refractivity contribution in [3.05, 3.63) is 76.6 Å². The fourth-order valence-electron chi connectivity index (χ4n) is 3.16. The molecule has 0 fully saturated rings. The summed E-state index contributed by atoms with van der Waals surface area (Å²) in [5.41, 5.74) is 4.84. The molecule has 0 aliphatic rings. The summed E-state index contributed by atoms with van der Waals surface area (Å²) < 4.78 is 14.5. The lowest BCUT2D eigenvalue weighted by Gasteiger charge is -2.08. The van der Waals surface area contributed by atoms with E-state index in [2.05, 4.69) is 16.5 Å². The first-order valence-corrected chi connectivity index (χ1v) is 10.2. The van der Waals surface area contributed by atoms with E-state index in [4.69, 9.17) is 8.37 Å². The Hall–Kier alpha value is -3.10. The van der Waals surface area contributed by atoms with Crippen LogP contribution in [0.15, 0.2) is 54.2 Å². The first-order valence-electron chi connectivity index (χ1n) is 9.56. The van der Waals surface area contributed by atoms with E-state index < -0.39 is 0 Å². The van der Waals surface area contributed by atoms with Crippen LogP contribution in [0.5, 0.6) is 5.88 Å². The van der Waals surface area contributed by atoms with Gasteiger partial charge in [0.1, 0.15) is 11.3 Å². The summed E-state index contributed by atoms with van der Waals surface area (Å²) >= 11 is 0.887. The molecule has 0 amide bonds. The van der Waals surface area contributed by atoms with E-state index >= 15 is 0 Å². The molecule has 1 aromatic carbocycles. The first-order chi connectivity index (χ1) is 14.5. The van der Waals surface area contributed by atoms with Crippen molar-refractivity contribution >= 4 is 34.4 Å². The molecule has 0 atom stereocenters. The van der Waals surface area contributed by atoms with Crippen LogP contribution in [0.3, 0.4) is 0 Å². The van der Waals surface area contributed by atoms with Gasteiger partial charge in [-0.15, -0.1) is 0 Å². The molecule has 154 valence electrons. The van der Waals surface area contributed by atoms with E-state index in [0.717, 1.165) is 29.0 Å². The third kappa shape index (κ3) is 3.83. The Balaban J connectivity index is 1.79. The standard InChI is InChI=1S/C22H22N4O3S/c1-5-28-30-29-22-19(24-20-9-7-16(14(2)3)11-26(20)22)12-25-13-23-18-10-15(4)6-8-17(18)21(25)27/h6-11,13H,2,5,12H2,1,3-4H3. The number of aryl methyl sites for hydroxylation is 1. The Morgan fingerprint density at radius 1 is 1.27 bits per heavy atom. The lowest BCUT2D eigenvalue weighted by molar-refractivity contribution is 0.365. The topological polar surface area (TPSA) is 70.7 Å². The number of fused-ring (bicyclic) bond motifs is 2. The van der Waals surface area contributed by atoms with Crippen LogP contribution in [0.1, 0.15) is 30.7 Å². The minimum absolute atomic E-state index is 0.122. The van der Waals surface area contributed by atoms with Gasteiger partial charge in [-0.25, -0.2) is 9.97 Å². The molecular weight excluding hydrogens is 400 g/mol. The normalized spacial score (nSPS) is 11.3. The van der Waals surface area contributed by atoms with E-state index in [0.29, 0.717) is 34.7 Å². The Bertz CT molecular complexity index is 1310. The third-order valence-electron chi connectivity index (χ3n) is 4.71. The van der Waals surface area contributed by atoms with Crippen LogP contribution in [0.2, 0.25) is 0 Å². The first kappa shape index (κ1) is 20.2. The van der Waals surface area contributed by atoms with Crippen LogP contribution in [0.4, 0.5) is 0 Å². The van der Waals surface area contributed by atoms with Crippen LogP contribution < -0.4 is 9.74 Å². The number of hydrogen-bond donors (Lipinski definition) is 0. The second-order valence-corrected chi connectivity index (χ2v) is 7.58. The van der Waals surface area contributed by atoms with Gasteiger partial charge >= 0.3 is 0 Å². The Morgan fingerprint density at radius 2 is 2.10 bits per heavy atom. The quantitative estimate of drug-likeness (QED) is 0.324. The summed E-state index contributed by atoms with van der Waals surface area (Å²) in [4.78, 5) is 22.1. The minimum Gasteiger partial charge on any atom is -0.379 e. The zero-order valence-corrected chi connectivity index (χ0v) is 17.9. The number of aromatic nitrogens is 4. The summed E-state index contributed by atoms with van der Waals surface area (Å²) in [6.45, 7) is 10.5. The summed E-state index contributed by atoms with van der Waals surface area (Å²) in [7, 11) is 0. The van der Waals surface area contributed by atoms with Gasteiger partial charge in [-0.1, -0.05) is 12.6 Å². The average molecular weight is 423 g/mol. The summed E-state index contributed by atoms with van der Waals surface area (Å²) in [6.07, 6.45) is 3.47. The molecule has 0 radical (unpaired) electrons. The van der Waals surface area contributed by atoms with Crippen LogP contribution in [0.25, 0.3) is 22.1 Å². The van der Waals surface area contributed by atoms with Crippen LogP contribution in [-0.4, -0.2) is 25.5 Å². The van der Waals surface area contributed by atoms with E-state index in [-0.39, 0.29) is 12.1 Å². The lowest BCUT2D eigenvalue weighted by Crippen LogP contribution is -2.21. The Kier molecular flexibility index (Phi) is 5.61. The number of nitrogens with zero attached hydrogens (tertiary/aromatic N) is 4. The molecule has 8 heteroatoms. The van der Waals surface area contributed by atoms with E-state index in [1.165, 1.54) is 4.57 Å². The highest BCUT2D eigenvalue weighted by molar-refractivity contribution is 7.90. The van der Waals surface area contributed by atoms with Crippen molar-refractivity contribution in [2.24, 2.45) is 0 Å². The van der Waals surface area contributed by atoms with Crippen LogP contribution >= 0.6 is 12.3 Å². The minimum atomic E-state index is -0.122. The second kappa shape index (κ2) is 8.33. The monoisotopic (exact) mass is 422 g/mol. The van der Waals surface area contributed by atoms with Gasteiger partial charge in [0, 0.05) is 6.20 Å². The number of pyridine rings is 1. The van der Waals surface area contributed by atoms with Crippen molar-refractivity contribution in [1.82, 2.24) is 18.9 Å². The fraction of sp³-hybridized carbons (Fsp3) is 0.227. The van der Waals surface area contributed by atoms with Crippen molar-refractivity contribution in [1.29, 1.82) is 0 Å². The largest absolute Gasteiger partial charge is 0.379 e. The lowest BCUT2D eigenvalue weighted by atomic mass is 10.1. The molecule has 3 aromatic heterocycles. The molecule has 0 N–H and O–H groups in total. The molecule has 0 spiro atoms. The van der Waals surface area contributed by atoms with Gasteiger partial charge in [-0.3, -0.25) is 17.9 Å². The van der Waals surface area contributed by atoms with Gasteiger partial charge in [0.15, 0.2) is 0 Å². The highest BCUT2D eigenvalue weighted by atomic mass is 32.2. The van der Waals surface area contributed by atoms with E-state index in [1.54, 1.807) is 6.33 Å². The molecule has 0 unspecified atom stereocenters. The predicted octanol–water partition coefficient (Wildman–Crippen LogP) is 4.41. The van der Waals surface area contributed by atoms with Crippen LogP contribution in [-0.2, 0) is 10.7 Å². The zero-order valence-electron chi connectivity index (χ0n) is 17.1. The molecule has 30 heavy (non-hydrogen) atoms. The van der Waals surface area contributed by atoms with Gasteiger partial charge in [0.05, 0.1) is 30.4 Å². The van der Waals surface area contributed by atoms with Gasteiger partial charge in [-0.05, 0) is 61.7 Å². The SMILES string of the molecule is C=C(C)c1ccc2nc(Cn3cnc4cc(C)ccc4c3=O)c(OSOCC)n2c1. The molecule has 3 heterocycles. The summed E-state index contributed by atoms with van der Waals surface area (Å²) in [5, 5.41) is 0.572. The van der Waals surface area contributed by atoms with Crippen molar-refractivity contribution in [2.75, 3.05) is 6.61 Å². The van der Waals surface area contributed by atoms with Crippen molar-refractivity contribution in [3.8, 4) is 5.88 Å². The smallest absolute Gasteiger partial charge is 0.261 e. The van der Waals surface area contributed by atoms with E-state index in [9.17, 15) is 4.79 Å². The number of allylic oxidation sites excluding steroid dienone is 1. The zero-order chi connectivity index (χ0) is 21.3. The van der Waals surface area contributed by atoms with E-state index in [1.807, 2.05) is 61.7 Å². The highest BCUT2D eigenvalue weighted by Gasteiger charge is 2.17. The maximum Gasteiger partial charge on any atom is 0.261 e. The highest BCUT2D eigenvalue weighted by Crippen LogP contribution is 2.27. The fourth-order valence-corrected chi connectivity index (χ4v) is 3.55. The number of imidazole rings is 1. The van der Waals surface area contributed by atoms with Crippen molar-refractivity contribution in [3.63, 3.8) is 0 Å². The predicted molar refractivity (Wildman–Crippen MR) is 120 cm³/mol. The molecular formula is C22H22N4O3S. The third-order valence-corrected chi connectivity index (χ3v) is 5.27. The summed E-state index contributed by atoms with van der Waals surface area (Å²) in [6, 6.07) is 9.48. The van der Waals surface area contributed by atoms with Gasteiger partial charge < -0.3 is 4.18 Å². The second-order valence-electron chi connectivity index (χ2n) is 7.05. The molecule has 0 saturated heterocycles. The number of benzene rings is 1. The Morgan fingerprint density at radius 3 is 2.87 bits per heavy atom. The van der Waals surface area contributed by atoms with Crippen molar-refractivity contribution < 1.29 is 8.37 Å². The molecule has 0 aliphatic heterocycles. The molecule has 0 saturated carbocycles. The number of hydrogen-bond acceptors (Lipinski definition) is 6. The number of rotatable bonds is 7. The summed E-state index contributed by atoms with van der Waals surface area (Å²) in [5.74, 6) is 0.502. The molecule has 7 nitrogen and oxygen atoms in total. The van der Waals surface area contributed by atoms with Crippen LogP contribution in [0, 0.1) is 6.92 Å². The maximum absolute atomic E-state index is 13.0. The molecule has 4 aromatic rings. The molecule has 0 bridgehead atoms. The van der Waals surface area contributed by atoms with Gasteiger partial charge in [-0.2, -0.15) is 0 Å². The average Bonchev–Trinajstić information content (AvgIpc) is 3.06. The Labute approximate surface area is 178 Å². The van der Waals surface area contributed by atoms with Crippen molar-refractivity contribution in [2.45, 2.75) is 27.3 Å². The molecule has 0 aliphatic carbocycles. The van der Waals surface area contributed by atoms with Gasteiger partial charge in [0.25, 0.3) is 5.56 Å². The van der Waals surface area contributed by atoms with Gasteiger partial charge in [0.2, 0.25) is 18.2 Å². The molecule has 4 rings (SSSR count).